The van der Waals surface area contributed by atoms with Gasteiger partial charge in [0.1, 0.15) is 34.2 Å². The van der Waals surface area contributed by atoms with Gasteiger partial charge in [-0.05, 0) is 69.0 Å². The topological polar surface area (TPSA) is 192 Å². The lowest BCUT2D eigenvalue weighted by atomic mass is 9.96. The lowest BCUT2D eigenvalue weighted by Crippen LogP contribution is -2.48. The number of carbonyl (C=O) groups excluding carboxylic acids is 3. The largest absolute Gasteiger partial charge is 0.496 e. The minimum Gasteiger partial charge on any atom is -0.496 e. The molecule has 1 heterocycles. The summed E-state index contributed by atoms with van der Waals surface area (Å²) in [5.74, 6) is -0.623. The number of methoxy groups -OCH3 is 4. The molecule has 1 aliphatic heterocycles. The molecule has 3 aromatic rings. The Morgan fingerprint density at radius 2 is 1.68 bits per heavy atom. The maximum atomic E-state index is 14.5. The maximum Gasteiger partial charge on any atom is 0.345 e. The van der Waals surface area contributed by atoms with Gasteiger partial charge in [0.2, 0.25) is 5.91 Å². The quantitative estimate of drug-likeness (QED) is 0.0754. The van der Waals surface area contributed by atoms with Gasteiger partial charge in [0.05, 0.1) is 64.0 Å². The maximum absolute atomic E-state index is 14.5. The van der Waals surface area contributed by atoms with Crippen molar-refractivity contribution in [2.24, 2.45) is 11.1 Å². The highest BCUT2D eigenvalue weighted by Crippen LogP contribution is 2.36. The molecule has 16 nitrogen and oxygen atoms in total. The summed E-state index contributed by atoms with van der Waals surface area (Å²) in [6, 6.07) is 10.7. The number of imide groups is 1. The molecule has 0 radical (unpaired) electrons. The number of ether oxygens (including phenoxy) is 5. The minimum atomic E-state index is -0.915. The number of esters is 1. The second kappa shape index (κ2) is 18.7. The summed E-state index contributed by atoms with van der Waals surface area (Å²) in [5.41, 5.74) is -0.145. The fraction of sp³-hybridized carbons (Fsp3) is 0.436. The number of carbonyl (C=O) groups is 3. The Bertz CT molecular complexity index is 1940. The molecule has 3 amide bonds. The fourth-order valence-corrected chi connectivity index (χ4v) is 6.61. The third-order valence-electron chi connectivity index (χ3n) is 9.07. The van der Waals surface area contributed by atoms with Crippen LogP contribution in [0, 0.1) is 16.0 Å². The van der Waals surface area contributed by atoms with Crippen LogP contribution in [0.3, 0.4) is 0 Å². The van der Waals surface area contributed by atoms with Crippen molar-refractivity contribution in [1.82, 2.24) is 15.1 Å². The van der Waals surface area contributed by atoms with Crippen LogP contribution in [0.1, 0.15) is 73.6 Å². The molecule has 2 N–H and O–H groups in total. The Hall–Kier alpha value is -5.77. The molecule has 3 aromatic carbocycles. The molecule has 56 heavy (non-hydrogen) atoms. The molecular weight excluding hydrogens is 750 g/mol. The van der Waals surface area contributed by atoms with Crippen LogP contribution in [0.5, 0.6) is 23.0 Å². The molecule has 4 rings (SSSR count). The van der Waals surface area contributed by atoms with Crippen molar-refractivity contribution in [3.63, 3.8) is 0 Å². The van der Waals surface area contributed by atoms with Gasteiger partial charge in [0.25, 0.3) is 5.69 Å². The van der Waals surface area contributed by atoms with Crippen molar-refractivity contribution in [2.75, 3.05) is 41.5 Å². The second-order valence-corrected chi connectivity index (χ2v) is 14.5. The summed E-state index contributed by atoms with van der Waals surface area (Å²) < 4.78 is 27.7. The van der Waals surface area contributed by atoms with E-state index in [0.29, 0.717) is 57.6 Å². The Morgan fingerprint density at radius 3 is 2.23 bits per heavy atom. The van der Waals surface area contributed by atoms with Gasteiger partial charge in [-0.25, -0.2) is 9.59 Å². The Balaban J connectivity index is 1.76. The summed E-state index contributed by atoms with van der Waals surface area (Å²) in [7, 11) is 5.96. The first kappa shape index (κ1) is 43.0. The van der Waals surface area contributed by atoms with E-state index >= 15 is 0 Å². The number of nitrogens with one attached hydrogen (secondary N) is 1. The summed E-state index contributed by atoms with van der Waals surface area (Å²) in [6.45, 7) is 6.39. The molecule has 1 saturated heterocycles. The van der Waals surface area contributed by atoms with Crippen molar-refractivity contribution >= 4 is 41.0 Å². The van der Waals surface area contributed by atoms with Crippen LogP contribution >= 0.6 is 11.6 Å². The van der Waals surface area contributed by atoms with E-state index in [0.717, 1.165) is 4.90 Å². The molecule has 302 valence electrons. The number of amides is 3. The first-order chi connectivity index (χ1) is 26.6. The SMILES string of the molecule is CCC[C@@H](NC(=O)N1C/C(=N\O)N(Cc2c(OC)cc(OC)cc2OC)C[C@H](Cc2cc(Cl)ccc2OC)C1=O)c1ccc(C(=O)OC(C)(C)C)c([N+](=O)[O-])c1. The number of hydrogen-bond donors (Lipinski definition) is 2. The molecule has 0 spiro atoms. The Kier molecular flexibility index (Phi) is 14.4. The van der Waals surface area contributed by atoms with Crippen LogP contribution in [0.15, 0.2) is 53.7 Å². The van der Waals surface area contributed by atoms with Crippen LogP contribution in [-0.2, 0) is 22.5 Å². The Morgan fingerprint density at radius 1 is 1.02 bits per heavy atom. The van der Waals surface area contributed by atoms with Crippen LogP contribution < -0.4 is 24.3 Å². The number of amidine groups is 1. The molecule has 0 bridgehead atoms. The van der Waals surface area contributed by atoms with Gasteiger partial charge in [0.15, 0.2) is 5.84 Å². The van der Waals surface area contributed by atoms with E-state index < -0.39 is 52.6 Å². The fourth-order valence-electron chi connectivity index (χ4n) is 6.42. The normalized spacial score (nSPS) is 15.8. The van der Waals surface area contributed by atoms with Crippen LogP contribution in [-0.4, -0.2) is 90.8 Å². The van der Waals surface area contributed by atoms with Crippen LogP contribution in [0.25, 0.3) is 0 Å². The molecule has 2 atom stereocenters. The highest BCUT2D eigenvalue weighted by Gasteiger charge is 2.39. The molecule has 1 fully saturated rings. The minimum absolute atomic E-state index is 0.0154. The molecule has 17 heteroatoms. The standard InChI is InChI=1S/C39H48ClN5O11/c1-9-10-30(23-11-13-28(31(17-23)45(50)51)37(47)56-39(2,3)4)41-38(48)44-22-35(42-49)43(21-29-33(54-7)18-27(52-5)19-34(29)55-8)20-25(36(44)46)15-24-16-26(40)12-14-32(24)53-6/h11-14,16-19,25,30,49H,9-10,15,20-22H2,1-8H3,(H,41,48)/b42-35+/t25-,30+/m0/s1. The lowest BCUT2D eigenvalue weighted by Gasteiger charge is -2.27. The van der Waals surface area contributed by atoms with Crippen LogP contribution in [0.2, 0.25) is 5.02 Å². The number of nitro groups is 1. The number of urea groups is 1. The molecule has 0 aromatic heterocycles. The van der Waals surface area contributed by atoms with Crippen molar-refractivity contribution in [3.05, 3.63) is 85.9 Å². The van der Waals surface area contributed by atoms with Gasteiger partial charge in [-0.15, -0.1) is 0 Å². The lowest BCUT2D eigenvalue weighted by molar-refractivity contribution is -0.385. The number of rotatable bonds is 14. The average Bonchev–Trinajstić information content (AvgIpc) is 3.28. The van der Waals surface area contributed by atoms with Gasteiger partial charge in [-0.3, -0.25) is 19.8 Å². The summed E-state index contributed by atoms with van der Waals surface area (Å²) >= 11 is 6.36. The summed E-state index contributed by atoms with van der Waals surface area (Å²) in [6.07, 6.45) is 0.944. The van der Waals surface area contributed by atoms with Crippen molar-refractivity contribution in [3.8, 4) is 23.0 Å². The number of oxime groups is 1. The summed E-state index contributed by atoms with van der Waals surface area (Å²) in [4.78, 5) is 55.7. The molecule has 0 unspecified atom stereocenters. The zero-order valence-corrected chi connectivity index (χ0v) is 33.5. The molecule has 1 aliphatic rings. The second-order valence-electron chi connectivity index (χ2n) is 14.0. The molecular formula is C39H48ClN5O11. The third-order valence-corrected chi connectivity index (χ3v) is 9.31. The van der Waals surface area contributed by atoms with Crippen molar-refractivity contribution < 1.29 is 48.2 Å². The number of halogens is 1. The molecule has 0 aliphatic carbocycles. The van der Waals surface area contributed by atoms with E-state index in [9.17, 15) is 29.7 Å². The summed E-state index contributed by atoms with van der Waals surface area (Å²) in [5, 5.41) is 29.4. The predicted octanol–water partition coefficient (Wildman–Crippen LogP) is 6.78. The first-order valence-corrected chi connectivity index (χ1v) is 18.2. The van der Waals surface area contributed by atoms with E-state index in [1.807, 2.05) is 6.92 Å². The van der Waals surface area contributed by atoms with E-state index in [4.69, 9.17) is 35.3 Å². The van der Waals surface area contributed by atoms with Gasteiger partial charge < -0.3 is 39.1 Å². The van der Waals surface area contributed by atoms with Gasteiger partial charge >= 0.3 is 12.0 Å². The predicted molar refractivity (Wildman–Crippen MR) is 207 cm³/mol. The zero-order chi connectivity index (χ0) is 41.3. The van der Waals surface area contributed by atoms with E-state index in [1.54, 1.807) is 56.0 Å². The zero-order valence-electron chi connectivity index (χ0n) is 32.7. The third kappa shape index (κ3) is 10.3. The monoisotopic (exact) mass is 797 g/mol. The average molecular weight is 798 g/mol. The van der Waals surface area contributed by atoms with Gasteiger partial charge in [0, 0.05) is 29.8 Å². The van der Waals surface area contributed by atoms with Gasteiger partial charge in [-0.1, -0.05) is 36.2 Å². The highest BCUT2D eigenvalue weighted by atomic mass is 35.5. The Labute approximate surface area is 330 Å². The highest BCUT2D eigenvalue weighted by molar-refractivity contribution is 6.30. The smallest absolute Gasteiger partial charge is 0.345 e. The molecule has 0 saturated carbocycles. The van der Waals surface area contributed by atoms with Crippen LogP contribution in [0.4, 0.5) is 10.5 Å². The van der Waals surface area contributed by atoms with E-state index in [2.05, 4.69) is 10.5 Å². The van der Waals surface area contributed by atoms with E-state index in [1.165, 1.54) is 46.6 Å². The van der Waals surface area contributed by atoms with E-state index in [-0.39, 0.29) is 30.9 Å². The number of hydrogen-bond acceptors (Lipinski definition) is 12. The number of nitrogens with zero attached hydrogens (tertiary/aromatic N) is 4. The first-order valence-electron chi connectivity index (χ1n) is 17.8. The van der Waals surface area contributed by atoms with Crippen molar-refractivity contribution in [1.29, 1.82) is 0 Å². The van der Waals surface area contributed by atoms with Gasteiger partial charge in [-0.2, -0.15) is 0 Å². The number of benzene rings is 3. The van der Waals surface area contributed by atoms with Crippen molar-refractivity contribution in [2.45, 2.75) is 65.1 Å². The number of nitro benzene ring substituents is 1.